The number of nitrogens with one attached hydrogen (secondary N) is 1. The predicted molar refractivity (Wildman–Crippen MR) is 148 cm³/mol. The number of hydrogen-bond donors (Lipinski definition) is 1. The lowest BCUT2D eigenvalue weighted by atomic mass is 10.1. The maximum Gasteiger partial charge on any atom is 0.266 e. The smallest absolute Gasteiger partial charge is 0.266 e. The van der Waals surface area contributed by atoms with Crippen LogP contribution < -0.4 is 19.7 Å². The van der Waals surface area contributed by atoms with Gasteiger partial charge in [-0.2, -0.15) is 5.26 Å². The highest BCUT2D eigenvalue weighted by molar-refractivity contribution is 9.10. The molecule has 0 atom stereocenters. The molecule has 36 heavy (non-hydrogen) atoms. The van der Waals surface area contributed by atoms with Crippen LogP contribution in [0.25, 0.3) is 6.08 Å². The number of nitrogens with zero attached hydrogens (tertiary/aromatic N) is 2. The van der Waals surface area contributed by atoms with Crippen molar-refractivity contribution >= 4 is 39.3 Å². The minimum atomic E-state index is -0.480. The Morgan fingerprint density at radius 1 is 1.03 bits per heavy atom. The highest BCUT2D eigenvalue weighted by atomic mass is 79.9. The van der Waals surface area contributed by atoms with Crippen molar-refractivity contribution in [2.45, 2.75) is 27.4 Å². The number of amides is 1. The Balaban J connectivity index is 1.79. The van der Waals surface area contributed by atoms with Gasteiger partial charge in [-0.1, -0.05) is 30.3 Å². The highest BCUT2D eigenvalue weighted by Crippen LogP contribution is 2.38. The van der Waals surface area contributed by atoms with Crippen LogP contribution in [0.3, 0.4) is 0 Å². The maximum atomic E-state index is 12.8. The summed E-state index contributed by atoms with van der Waals surface area (Å²) >= 11 is 3.55. The van der Waals surface area contributed by atoms with Crippen molar-refractivity contribution in [3.05, 3.63) is 87.9 Å². The zero-order valence-electron chi connectivity index (χ0n) is 20.8. The van der Waals surface area contributed by atoms with Crippen LogP contribution in [0.2, 0.25) is 0 Å². The molecule has 186 valence electrons. The second kappa shape index (κ2) is 13.4. The maximum absolute atomic E-state index is 12.8. The fourth-order valence-electron chi connectivity index (χ4n) is 3.66. The van der Waals surface area contributed by atoms with Crippen LogP contribution in [0.4, 0.5) is 11.4 Å². The number of benzene rings is 3. The molecule has 0 unspecified atom stereocenters. The van der Waals surface area contributed by atoms with E-state index in [1.807, 2.05) is 67.6 Å². The van der Waals surface area contributed by atoms with Gasteiger partial charge >= 0.3 is 0 Å². The number of anilines is 2. The molecule has 0 spiro atoms. The second-order valence-corrected chi connectivity index (χ2v) is 8.73. The first-order chi connectivity index (χ1) is 17.5. The van der Waals surface area contributed by atoms with Crippen LogP contribution in [-0.4, -0.2) is 25.6 Å². The topological polar surface area (TPSA) is 74.6 Å². The van der Waals surface area contributed by atoms with E-state index in [4.69, 9.17) is 9.47 Å². The number of rotatable bonds is 11. The molecule has 3 aromatic carbocycles. The van der Waals surface area contributed by atoms with Crippen LogP contribution in [-0.2, 0) is 11.4 Å². The summed E-state index contributed by atoms with van der Waals surface area (Å²) in [6.45, 7) is 8.71. The van der Waals surface area contributed by atoms with E-state index in [1.165, 1.54) is 6.08 Å². The predicted octanol–water partition coefficient (Wildman–Crippen LogP) is 6.82. The van der Waals surface area contributed by atoms with Crippen molar-refractivity contribution in [2.24, 2.45) is 0 Å². The number of nitriles is 1. The van der Waals surface area contributed by atoms with E-state index < -0.39 is 5.91 Å². The van der Waals surface area contributed by atoms with Crippen molar-refractivity contribution in [1.82, 2.24) is 0 Å². The summed E-state index contributed by atoms with van der Waals surface area (Å²) in [5, 5.41) is 12.5. The molecule has 0 heterocycles. The summed E-state index contributed by atoms with van der Waals surface area (Å²) in [5.74, 6) is 0.611. The zero-order chi connectivity index (χ0) is 25.9. The molecule has 0 radical (unpaired) electrons. The Morgan fingerprint density at radius 3 is 2.33 bits per heavy atom. The van der Waals surface area contributed by atoms with Gasteiger partial charge < -0.3 is 19.7 Å². The van der Waals surface area contributed by atoms with E-state index in [1.54, 1.807) is 12.1 Å². The molecule has 0 saturated heterocycles. The van der Waals surface area contributed by atoms with Gasteiger partial charge in [-0.05, 0) is 90.3 Å². The van der Waals surface area contributed by atoms with Crippen molar-refractivity contribution in [1.29, 1.82) is 5.26 Å². The van der Waals surface area contributed by atoms with Gasteiger partial charge in [0.15, 0.2) is 11.5 Å². The number of hydrogen-bond acceptors (Lipinski definition) is 5. The molecule has 0 bridgehead atoms. The van der Waals surface area contributed by atoms with E-state index in [9.17, 15) is 10.1 Å². The zero-order valence-corrected chi connectivity index (χ0v) is 22.3. The van der Waals surface area contributed by atoms with E-state index in [-0.39, 0.29) is 5.57 Å². The Labute approximate surface area is 221 Å². The molecule has 6 nitrogen and oxygen atoms in total. The third kappa shape index (κ3) is 7.12. The molecule has 3 aromatic rings. The quantitative estimate of drug-likeness (QED) is 0.210. The van der Waals surface area contributed by atoms with Gasteiger partial charge in [-0.25, -0.2) is 0 Å². The lowest BCUT2D eigenvalue weighted by Gasteiger charge is -2.21. The molecule has 0 fully saturated rings. The van der Waals surface area contributed by atoms with Crippen LogP contribution >= 0.6 is 15.9 Å². The first kappa shape index (κ1) is 26.8. The number of ether oxygens (including phenoxy) is 2. The number of carbonyl (C=O) groups excluding carboxylic acids is 1. The summed E-state index contributed by atoms with van der Waals surface area (Å²) in [7, 11) is 0. The Morgan fingerprint density at radius 2 is 1.72 bits per heavy atom. The average molecular weight is 548 g/mol. The van der Waals surface area contributed by atoms with Crippen LogP contribution in [0.5, 0.6) is 11.5 Å². The van der Waals surface area contributed by atoms with Gasteiger partial charge in [0, 0.05) is 24.5 Å². The van der Waals surface area contributed by atoms with Gasteiger partial charge in [-0.3, -0.25) is 4.79 Å². The molecular weight excluding hydrogens is 518 g/mol. The van der Waals surface area contributed by atoms with E-state index in [2.05, 4.69) is 40.0 Å². The largest absolute Gasteiger partial charge is 0.490 e. The van der Waals surface area contributed by atoms with Gasteiger partial charge in [0.05, 0.1) is 11.1 Å². The summed E-state index contributed by atoms with van der Waals surface area (Å²) in [5.41, 5.74) is 3.36. The lowest BCUT2D eigenvalue weighted by molar-refractivity contribution is -0.112. The van der Waals surface area contributed by atoms with Crippen LogP contribution in [0.1, 0.15) is 31.9 Å². The minimum absolute atomic E-state index is 0.0184. The monoisotopic (exact) mass is 547 g/mol. The fourth-order valence-corrected chi connectivity index (χ4v) is 4.24. The SMILES string of the molecule is CCOc1cc(/C=C(/C#N)C(=O)Nc2ccc(N(CC)CC)cc2)cc(Br)c1OCc1ccccc1. The Bertz CT molecular complexity index is 1230. The molecular formula is C29H30BrN3O3. The van der Waals surface area contributed by atoms with E-state index in [0.717, 1.165) is 24.3 Å². The summed E-state index contributed by atoms with van der Waals surface area (Å²) in [6, 6.07) is 23.0. The van der Waals surface area contributed by atoms with Crippen LogP contribution in [0, 0.1) is 11.3 Å². The number of halogens is 1. The normalized spacial score (nSPS) is 10.9. The number of carbonyl (C=O) groups is 1. The van der Waals surface area contributed by atoms with Gasteiger partial charge in [0.25, 0.3) is 5.91 Å². The third-order valence-corrected chi connectivity index (χ3v) is 6.08. The summed E-state index contributed by atoms with van der Waals surface area (Å²) in [6.07, 6.45) is 1.54. The molecule has 7 heteroatoms. The van der Waals surface area contributed by atoms with E-state index >= 15 is 0 Å². The van der Waals surface area contributed by atoms with Gasteiger partial charge in [0.2, 0.25) is 0 Å². The average Bonchev–Trinajstić information content (AvgIpc) is 2.89. The van der Waals surface area contributed by atoms with Crippen molar-refractivity contribution < 1.29 is 14.3 Å². The molecule has 1 amide bonds. The first-order valence-corrected chi connectivity index (χ1v) is 12.7. The van der Waals surface area contributed by atoms with Gasteiger partial charge in [0.1, 0.15) is 18.2 Å². The fraction of sp³-hybridized carbons (Fsp3) is 0.241. The summed E-state index contributed by atoms with van der Waals surface area (Å²) in [4.78, 5) is 15.0. The molecule has 0 aliphatic heterocycles. The minimum Gasteiger partial charge on any atom is -0.490 e. The molecule has 0 aromatic heterocycles. The van der Waals surface area contributed by atoms with Gasteiger partial charge in [-0.15, -0.1) is 0 Å². The summed E-state index contributed by atoms with van der Waals surface area (Å²) < 4.78 is 12.5. The molecule has 3 rings (SSSR count). The second-order valence-electron chi connectivity index (χ2n) is 7.88. The van der Waals surface area contributed by atoms with Crippen molar-refractivity contribution in [2.75, 3.05) is 29.9 Å². The van der Waals surface area contributed by atoms with Crippen LogP contribution in [0.15, 0.2) is 76.8 Å². The molecule has 1 N–H and O–H groups in total. The first-order valence-electron chi connectivity index (χ1n) is 11.9. The molecule has 0 aliphatic rings. The molecule has 0 saturated carbocycles. The van der Waals surface area contributed by atoms with E-state index in [0.29, 0.717) is 40.4 Å². The Hall–Kier alpha value is -3.76. The highest BCUT2D eigenvalue weighted by Gasteiger charge is 2.15. The standard InChI is InChI=1S/C29H30BrN3O3/c1-4-33(5-2)25-14-12-24(13-15-25)32-29(34)23(19-31)16-22-17-26(30)28(27(18-22)35-6-3)36-20-21-10-8-7-9-11-21/h7-18H,4-6,20H2,1-3H3,(H,32,34)/b23-16-. The van der Waals surface area contributed by atoms with Crippen molar-refractivity contribution in [3.8, 4) is 17.6 Å². The Kier molecular flexibility index (Phi) is 9.96. The third-order valence-electron chi connectivity index (χ3n) is 5.49. The lowest BCUT2D eigenvalue weighted by Crippen LogP contribution is -2.21. The van der Waals surface area contributed by atoms with Crippen molar-refractivity contribution in [3.63, 3.8) is 0 Å². The molecule has 0 aliphatic carbocycles.